The molecule has 2 aromatic rings. The number of anilines is 1. The Labute approximate surface area is 118 Å². The molecular formula is C12H11BrClN3O. The number of halogens is 2. The summed E-state index contributed by atoms with van der Waals surface area (Å²) in [6.45, 7) is 0.390. The molecule has 0 aliphatic rings. The van der Waals surface area contributed by atoms with E-state index in [4.69, 9.17) is 16.3 Å². The van der Waals surface area contributed by atoms with Gasteiger partial charge in [-0.2, -0.15) is 4.98 Å². The van der Waals surface area contributed by atoms with E-state index in [0.717, 1.165) is 10.0 Å². The van der Waals surface area contributed by atoms with Gasteiger partial charge in [-0.1, -0.05) is 45.7 Å². The van der Waals surface area contributed by atoms with Crippen LogP contribution < -0.4 is 10.1 Å². The van der Waals surface area contributed by atoms with Gasteiger partial charge in [0, 0.05) is 17.1 Å². The summed E-state index contributed by atoms with van der Waals surface area (Å²) in [5.41, 5.74) is 1.03. The third-order valence-electron chi connectivity index (χ3n) is 2.26. The first-order valence-corrected chi connectivity index (χ1v) is 6.44. The summed E-state index contributed by atoms with van der Waals surface area (Å²) < 4.78 is 6.58. The van der Waals surface area contributed by atoms with Gasteiger partial charge in [0.15, 0.2) is 0 Å². The molecular weight excluding hydrogens is 318 g/mol. The van der Waals surface area contributed by atoms with Crippen LogP contribution in [0.1, 0.15) is 5.56 Å². The third kappa shape index (κ3) is 3.11. The van der Waals surface area contributed by atoms with E-state index < -0.39 is 0 Å². The average Bonchev–Trinajstić information content (AvgIpc) is 2.39. The van der Waals surface area contributed by atoms with E-state index in [0.29, 0.717) is 23.5 Å². The molecule has 0 spiro atoms. The van der Waals surface area contributed by atoms with Crippen LogP contribution in [0.4, 0.5) is 5.95 Å². The molecule has 1 aromatic heterocycles. The van der Waals surface area contributed by atoms with Gasteiger partial charge >= 0.3 is 0 Å². The van der Waals surface area contributed by atoms with Crippen molar-refractivity contribution in [1.29, 1.82) is 0 Å². The van der Waals surface area contributed by atoms with E-state index in [1.54, 1.807) is 7.05 Å². The van der Waals surface area contributed by atoms with Gasteiger partial charge in [0.25, 0.3) is 0 Å². The van der Waals surface area contributed by atoms with Crippen LogP contribution in [0.25, 0.3) is 0 Å². The second-order valence-electron chi connectivity index (χ2n) is 3.48. The van der Waals surface area contributed by atoms with Gasteiger partial charge < -0.3 is 10.1 Å². The maximum absolute atomic E-state index is 5.97. The molecule has 2 rings (SSSR count). The number of rotatable bonds is 4. The molecule has 0 saturated heterocycles. The van der Waals surface area contributed by atoms with Crippen molar-refractivity contribution in [3.05, 3.63) is 45.5 Å². The van der Waals surface area contributed by atoms with Crippen molar-refractivity contribution in [2.24, 2.45) is 0 Å². The molecule has 0 fully saturated rings. The summed E-state index contributed by atoms with van der Waals surface area (Å²) in [6.07, 6.45) is 1.51. The summed E-state index contributed by atoms with van der Waals surface area (Å²) in [4.78, 5) is 8.13. The van der Waals surface area contributed by atoms with E-state index in [1.807, 2.05) is 24.3 Å². The van der Waals surface area contributed by atoms with Gasteiger partial charge in [-0.15, -0.1) is 0 Å². The Morgan fingerprint density at radius 3 is 2.89 bits per heavy atom. The summed E-state index contributed by atoms with van der Waals surface area (Å²) in [5, 5.41) is 3.22. The van der Waals surface area contributed by atoms with Crippen molar-refractivity contribution in [2.75, 3.05) is 12.4 Å². The third-order valence-corrected chi connectivity index (χ3v) is 3.29. The molecule has 0 atom stereocenters. The first-order chi connectivity index (χ1) is 8.70. The highest BCUT2D eigenvalue weighted by Crippen LogP contribution is 2.24. The fourth-order valence-electron chi connectivity index (χ4n) is 1.33. The Hall–Kier alpha value is -1.33. The van der Waals surface area contributed by atoms with Crippen molar-refractivity contribution >= 4 is 33.5 Å². The van der Waals surface area contributed by atoms with E-state index in [9.17, 15) is 0 Å². The van der Waals surface area contributed by atoms with Crippen LogP contribution in [0.2, 0.25) is 5.02 Å². The van der Waals surface area contributed by atoms with Gasteiger partial charge in [-0.3, -0.25) is 0 Å². The van der Waals surface area contributed by atoms with E-state index in [2.05, 4.69) is 31.2 Å². The van der Waals surface area contributed by atoms with Crippen LogP contribution in [0.3, 0.4) is 0 Å². The molecule has 0 aliphatic carbocycles. The first-order valence-electron chi connectivity index (χ1n) is 5.27. The quantitative estimate of drug-likeness (QED) is 0.933. The van der Waals surface area contributed by atoms with E-state index >= 15 is 0 Å². The largest absolute Gasteiger partial charge is 0.472 e. The van der Waals surface area contributed by atoms with Crippen molar-refractivity contribution in [2.45, 2.75) is 6.61 Å². The number of hydrogen-bond donors (Lipinski definition) is 1. The lowest BCUT2D eigenvalue weighted by Crippen LogP contribution is -2.02. The van der Waals surface area contributed by atoms with Crippen molar-refractivity contribution in [1.82, 2.24) is 9.97 Å². The van der Waals surface area contributed by atoms with Crippen LogP contribution in [0, 0.1) is 0 Å². The van der Waals surface area contributed by atoms with Gasteiger partial charge in [0.1, 0.15) is 11.6 Å². The molecule has 0 aliphatic heterocycles. The number of ether oxygens (including phenoxy) is 1. The van der Waals surface area contributed by atoms with Gasteiger partial charge in [0.2, 0.25) is 11.8 Å². The van der Waals surface area contributed by atoms with Crippen LogP contribution in [-0.4, -0.2) is 17.0 Å². The Morgan fingerprint density at radius 1 is 1.39 bits per heavy atom. The molecule has 0 saturated carbocycles. The number of nitrogens with zero attached hydrogens (tertiary/aromatic N) is 2. The minimum absolute atomic E-state index is 0.367. The molecule has 1 aromatic carbocycles. The van der Waals surface area contributed by atoms with Crippen LogP contribution in [0.15, 0.2) is 34.9 Å². The highest BCUT2D eigenvalue weighted by Gasteiger charge is 2.07. The van der Waals surface area contributed by atoms with Crippen LogP contribution in [0.5, 0.6) is 5.88 Å². The highest BCUT2D eigenvalue weighted by molar-refractivity contribution is 9.10. The maximum Gasteiger partial charge on any atom is 0.237 e. The van der Waals surface area contributed by atoms with Gasteiger partial charge in [-0.25, -0.2) is 4.98 Å². The Balaban J connectivity index is 2.13. The molecule has 1 heterocycles. The van der Waals surface area contributed by atoms with Crippen molar-refractivity contribution in [3.63, 3.8) is 0 Å². The Kier molecular flexibility index (Phi) is 4.38. The van der Waals surface area contributed by atoms with E-state index in [-0.39, 0.29) is 0 Å². The number of nitrogens with one attached hydrogen (secondary N) is 1. The maximum atomic E-state index is 5.97. The zero-order chi connectivity index (χ0) is 13.0. The zero-order valence-electron chi connectivity index (χ0n) is 9.65. The number of hydrogen-bond acceptors (Lipinski definition) is 4. The minimum atomic E-state index is 0.367. The molecule has 0 unspecified atom stereocenters. The summed E-state index contributed by atoms with van der Waals surface area (Å²) in [6, 6.07) is 7.83. The smallest absolute Gasteiger partial charge is 0.237 e. The predicted molar refractivity (Wildman–Crippen MR) is 75.1 cm³/mol. The topological polar surface area (TPSA) is 47.0 Å². The molecule has 1 N–H and O–H groups in total. The Morgan fingerprint density at radius 2 is 2.17 bits per heavy atom. The number of aromatic nitrogens is 2. The fraction of sp³-hybridized carbons (Fsp3) is 0.167. The van der Waals surface area contributed by atoms with Crippen LogP contribution in [-0.2, 0) is 6.61 Å². The number of benzene rings is 1. The van der Waals surface area contributed by atoms with Crippen molar-refractivity contribution < 1.29 is 4.74 Å². The lowest BCUT2D eigenvalue weighted by molar-refractivity contribution is 0.293. The predicted octanol–water partition coefficient (Wildman–Crippen LogP) is 3.51. The van der Waals surface area contributed by atoms with Gasteiger partial charge in [-0.05, 0) is 6.07 Å². The minimum Gasteiger partial charge on any atom is -0.472 e. The molecule has 18 heavy (non-hydrogen) atoms. The molecule has 6 heteroatoms. The SMILES string of the molecule is CNc1ncc(Cl)c(OCc2ccccc2Br)n1. The van der Waals surface area contributed by atoms with Crippen molar-refractivity contribution in [3.8, 4) is 5.88 Å². The summed E-state index contributed by atoms with van der Waals surface area (Å²) in [7, 11) is 1.74. The fourth-order valence-corrected chi connectivity index (χ4v) is 1.88. The molecule has 0 radical (unpaired) electrons. The second-order valence-corrected chi connectivity index (χ2v) is 4.74. The average molecular weight is 329 g/mol. The zero-order valence-corrected chi connectivity index (χ0v) is 12.0. The second kappa shape index (κ2) is 6.02. The molecule has 0 bridgehead atoms. The normalized spacial score (nSPS) is 10.2. The van der Waals surface area contributed by atoms with Crippen LogP contribution >= 0.6 is 27.5 Å². The summed E-state index contributed by atoms with van der Waals surface area (Å²) >= 11 is 9.43. The lowest BCUT2D eigenvalue weighted by Gasteiger charge is -2.09. The molecule has 0 amide bonds. The molecule has 94 valence electrons. The monoisotopic (exact) mass is 327 g/mol. The lowest BCUT2D eigenvalue weighted by atomic mass is 10.2. The Bertz CT molecular complexity index is 551. The molecule has 4 nitrogen and oxygen atoms in total. The standard InChI is InChI=1S/C12H11BrClN3O/c1-15-12-16-6-10(14)11(17-12)18-7-8-4-2-3-5-9(8)13/h2-6H,7H2,1H3,(H,15,16,17). The van der Waals surface area contributed by atoms with Gasteiger partial charge in [0.05, 0.1) is 6.20 Å². The van der Waals surface area contributed by atoms with E-state index in [1.165, 1.54) is 6.20 Å². The highest BCUT2D eigenvalue weighted by atomic mass is 79.9. The summed E-state index contributed by atoms with van der Waals surface area (Å²) in [5.74, 6) is 0.841. The first kappa shape index (κ1) is 13.1.